The molecule has 10 heteroatoms. The highest BCUT2D eigenvalue weighted by atomic mass is 31.2. The van der Waals surface area contributed by atoms with E-state index in [0.29, 0.717) is 17.4 Å². The Morgan fingerprint density at radius 3 is 1.51 bits per heavy atom. The van der Waals surface area contributed by atoms with Crippen molar-refractivity contribution in [1.82, 2.24) is 0 Å². The topological polar surface area (TPSA) is 108 Å². The minimum atomic E-state index is -4.38. The van der Waals surface area contributed by atoms with Crippen molar-refractivity contribution in [2.24, 2.45) is 0 Å². The molecule has 0 aromatic carbocycles. The molecule has 0 aliphatic heterocycles. The summed E-state index contributed by atoms with van der Waals surface area (Å²) in [6.07, 6.45) is 42.0. The van der Waals surface area contributed by atoms with E-state index >= 15 is 0 Å². The number of hydrogen-bond acceptors (Lipinski definition) is 7. The second kappa shape index (κ2) is 37.8. The van der Waals surface area contributed by atoms with E-state index < -0.39 is 26.5 Å². The number of allylic oxidation sites excluding steroid dienone is 6. The minimum Gasteiger partial charge on any atom is -0.462 e. The molecule has 0 spiro atoms. The fraction of sp³-hybridized carbons (Fsp3) is 0.822. The molecule has 0 aromatic heterocycles. The van der Waals surface area contributed by atoms with Crippen LogP contribution in [0.25, 0.3) is 0 Å². The van der Waals surface area contributed by atoms with Gasteiger partial charge < -0.3 is 18.9 Å². The van der Waals surface area contributed by atoms with Crippen LogP contribution in [0.1, 0.15) is 187 Å². The van der Waals surface area contributed by atoms with Crippen molar-refractivity contribution in [1.29, 1.82) is 0 Å². The predicted molar refractivity (Wildman–Crippen MR) is 229 cm³/mol. The Balaban J connectivity index is 4.43. The van der Waals surface area contributed by atoms with E-state index in [0.717, 1.165) is 57.8 Å². The average Bonchev–Trinajstić information content (AvgIpc) is 3.13. The molecule has 0 saturated heterocycles. The lowest BCUT2D eigenvalue weighted by Crippen LogP contribution is -2.37. The van der Waals surface area contributed by atoms with Crippen molar-refractivity contribution < 1.29 is 42.1 Å². The molecule has 0 heterocycles. The Morgan fingerprint density at radius 2 is 1.00 bits per heavy atom. The number of carbonyl (C=O) groups is 2. The first kappa shape index (κ1) is 53.2. The summed E-state index contributed by atoms with van der Waals surface area (Å²) in [7, 11) is 1.45. The second-order valence-electron chi connectivity index (χ2n) is 16.1. The van der Waals surface area contributed by atoms with Gasteiger partial charge in [-0.05, 0) is 64.2 Å². The van der Waals surface area contributed by atoms with Crippen LogP contribution in [-0.4, -0.2) is 74.9 Å². The summed E-state index contributed by atoms with van der Waals surface area (Å²) in [6, 6.07) is 0. The van der Waals surface area contributed by atoms with Gasteiger partial charge in [0.25, 0.3) is 0 Å². The monoisotopic (exact) mass is 799 g/mol. The van der Waals surface area contributed by atoms with Crippen LogP contribution in [-0.2, 0) is 32.7 Å². The van der Waals surface area contributed by atoms with Crippen LogP contribution in [0.3, 0.4) is 0 Å². The van der Waals surface area contributed by atoms with Crippen LogP contribution in [0.4, 0.5) is 0 Å². The average molecular weight is 799 g/mol. The number of likely N-dealkylation sites (N-methyl/N-ethyl adjacent to an activating group) is 1. The summed E-state index contributed by atoms with van der Waals surface area (Å²) in [4.78, 5) is 35.3. The molecule has 0 fully saturated rings. The maximum atomic E-state index is 12.7. The van der Waals surface area contributed by atoms with E-state index in [4.69, 9.17) is 18.5 Å². The maximum Gasteiger partial charge on any atom is 0.472 e. The van der Waals surface area contributed by atoms with Gasteiger partial charge in [-0.2, -0.15) is 0 Å². The SMILES string of the molecule is CCCCCCC/C=C/CCCCCCCC(=O)OC[C@H](COP(=O)(O)OCC[N+](C)(C)C)OC(=O)CCC/C=C/C/C=C/CCCCCCCCCCC. The van der Waals surface area contributed by atoms with Gasteiger partial charge in [0.15, 0.2) is 6.10 Å². The highest BCUT2D eigenvalue weighted by Crippen LogP contribution is 2.43. The van der Waals surface area contributed by atoms with E-state index in [2.05, 4.69) is 50.3 Å². The molecular weight excluding hydrogens is 713 g/mol. The molecular formula is C45H85NO8P+. The van der Waals surface area contributed by atoms with Crippen molar-refractivity contribution >= 4 is 19.8 Å². The standard InChI is InChI=1S/C45H84NO8P/c1-6-8-10-12-14-16-18-20-22-23-24-26-28-30-32-34-36-38-45(48)54-43(42-53-55(49,50)52-40-39-46(3,4)5)41-51-44(47)37-35-33-31-29-27-25-21-19-17-15-13-11-9-7-2/h19,21,24,26,30,32,43H,6-18,20,22-23,25,27-29,31,33-42H2,1-5H3/p+1/b21-19+,26-24+,32-30+/t43-/m1/s1. The smallest absolute Gasteiger partial charge is 0.462 e. The number of carbonyl (C=O) groups excluding carboxylic acids is 2. The Kier molecular flexibility index (Phi) is 36.6. The summed E-state index contributed by atoms with van der Waals surface area (Å²) in [5.41, 5.74) is 0. The molecule has 2 atom stereocenters. The number of quaternary nitrogens is 1. The van der Waals surface area contributed by atoms with Gasteiger partial charge in [-0.15, -0.1) is 0 Å². The quantitative estimate of drug-likeness (QED) is 0.0215. The number of phosphoric acid groups is 1. The predicted octanol–water partition coefficient (Wildman–Crippen LogP) is 12.5. The third-order valence-electron chi connectivity index (χ3n) is 9.39. The molecule has 0 aliphatic rings. The molecule has 0 amide bonds. The van der Waals surface area contributed by atoms with Crippen molar-refractivity contribution in [3.63, 3.8) is 0 Å². The van der Waals surface area contributed by atoms with E-state index in [9.17, 15) is 19.0 Å². The number of phosphoric ester groups is 1. The molecule has 0 saturated carbocycles. The normalized spacial score (nSPS) is 13.9. The van der Waals surface area contributed by atoms with Crippen LogP contribution < -0.4 is 0 Å². The Hall–Kier alpha value is -1.77. The molecule has 55 heavy (non-hydrogen) atoms. The molecule has 0 rings (SSSR count). The lowest BCUT2D eigenvalue weighted by molar-refractivity contribution is -0.870. The largest absolute Gasteiger partial charge is 0.472 e. The lowest BCUT2D eigenvalue weighted by atomic mass is 10.1. The lowest BCUT2D eigenvalue weighted by Gasteiger charge is -2.24. The van der Waals surface area contributed by atoms with Crippen LogP contribution in [0.5, 0.6) is 0 Å². The van der Waals surface area contributed by atoms with Crippen LogP contribution >= 0.6 is 7.82 Å². The first-order valence-electron chi connectivity index (χ1n) is 22.2. The van der Waals surface area contributed by atoms with Crippen LogP contribution in [0.2, 0.25) is 0 Å². The Labute approximate surface area is 338 Å². The Bertz CT molecular complexity index is 1040. The van der Waals surface area contributed by atoms with Crippen LogP contribution in [0.15, 0.2) is 36.5 Å². The summed E-state index contributed by atoms with van der Waals surface area (Å²) in [6.45, 7) is 4.36. The van der Waals surface area contributed by atoms with Gasteiger partial charge in [0, 0.05) is 12.8 Å². The third-order valence-corrected chi connectivity index (χ3v) is 10.4. The van der Waals surface area contributed by atoms with Gasteiger partial charge in [-0.25, -0.2) is 4.57 Å². The fourth-order valence-corrected chi connectivity index (χ4v) is 6.61. The number of hydrogen-bond donors (Lipinski definition) is 1. The van der Waals surface area contributed by atoms with E-state index in [1.807, 2.05) is 21.1 Å². The van der Waals surface area contributed by atoms with Gasteiger partial charge in [-0.1, -0.05) is 147 Å². The molecule has 322 valence electrons. The van der Waals surface area contributed by atoms with Gasteiger partial charge in [0.2, 0.25) is 0 Å². The highest BCUT2D eigenvalue weighted by Gasteiger charge is 2.27. The zero-order valence-corrected chi connectivity index (χ0v) is 37.1. The molecule has 1 unspecified atom stereocenters. The van der Waals surface area contributed by atoms with Gasteiger partial charge in [-0.3, -0.25) is 18.6 Å². The number of esters is 2. The zero-order chi connectivity index (χ0) is 40.7. The zero-order valence-electron chi connectivity index (χ0n) is 36.2. The third kappa shape index (κ3) is 41.7. The van der Waals surface area contributed by atoms with Crippen molar-refractivity contribution in [2.75, 3.05) is 47.5 Å². The van der Waals surface area contributed by atoms with Crippen molar-refractivity contribution in [2.45, 2.75) is 193 Å². The summed E-state index contributed by atoms with van der Waals surface area (Å²) in [5.74, 6) is -0.860. The highest BCUT2D eigenvalue weighted by molar-refractivity contribution is 7.47. The first-order chi connectivity index (χ1) is 26.5. The number of nitrogens with zero attached hydrogens (tertiary/aromatic N) is 1. The van der Waals surface area contributed by atoms with E-state index in [1.54, 1.807) is 0 Å². The molecule has 9 nitrogen and oxygen atoms in total. The minimum absolute atomic E-state index is 0.0230. The summed E-state index contributed by atoms with van der Waals surface area (Å²) < 4.78 is 34.2. The molecule has 0 radical (unpaired) electrons. The number of unbranched alkanes of at least 4 members (excludes halogenated alkanes) is 20. The van der Waals surface area contributed by atoms with Gasteiger partial charge in [0.05, 0.1) is 27.7 Å². The first-order valence-corrected chi connectivity index (χ1v) is 23.7. The molecule has 1 N–H and O–H groups in total. The molecule has 0 aliphatic carbocycles. The van der Waals surface area contributed by atoms with Gasteiger partial charge in [0.1, 0.15) is 19.8 Å². The molecule has 0 bridgehead atoms. The summed E-state index contributed by atoms with van der Waals surface area (Å²) >= 11 is 0. The van der Waals surface area contributed by atoms with E-state index in [-0.39, 0.29) is 32.0 Å². The van der Waals surface area contributed by atoms with Crippen LogP contribution in [0, 0.1) is 0 Å². The Morgan fingerprint density at radius 1 is 0.564 bits per heavy atom. The van der Waals surface area contributed by atoms with Gasteiger partial charge >= 0.3 is 19.8 Å². The fourth-order valence-electron chi connectivity index (χ4n) is 5.87. The van der Waals surface area contributed by atoms with Crippen molar-refractivity contribution in [3.05, 3.63) is 36.5 Å². The molecule has 0 aromatic rings. The second-order valence-corrected chi connectivity index (χ2v) is 17.5. The summed E-state index contributed by atoms with van der Waals surface area (Å²) in [5, 5.41) is 0. The van der Waals surface area contributed by atoms with E-state index in [1.165, 1.54) is 96.3 Å². The van der Waals surface area contributed by atoms with Crippen molar-refractivity contribution in [3.8, 4) is 0 Å². The number of ether oxygens (including phenoxy) is 2. The number of rotatable bonds is 40. The maximum absolute atomic E-state index is 12.7.